The fourth-order valence-corrected chi connectivity index (χ4v) is 4.32. The molecule has 1 aliphatic rings. The highest BCUT2D eigenvalue weighted by Crippen LogP contribution is 2.30. The lowest BCUT2D eigenvalue weighted by molar-refractivity contribution is -0.115. The van der Waals surface area contributed by atoms with Gasteiger partial charge in [0.25, 0.3) is 0 Å². The number of amides is 1. The van der Waals surface area contributed by atoms with Crippen LogP contribution in [0.2, 0.25) is 0 Å². The van der Waals surface area contributed by atoms with E-state index in [2.05, 4.69) is 10.3 Å². The summed E-state index contributed by atoms with van der Waals surface area (Å²) in [5.74, 6) is -0.0808. The van der Waals surface area contributed by atoms with E-state index in [1.54, 1.807) is 20.8 Å². The number of nitrogens with zero attached hydrogens (tertiary/aromatic N) is 2. The molecule has 0 aliphatic carbocycles. The van der Waals surface area contributed by atoms with Gasteiger partial charge in [-0.1, -0.05) is 6.92 Å². The van der Waals surface area contributed by atoms with Crippen LogP contribution in [-0.2, 0) is 27.8 Å². The number of sulfonamides is 1. The van der Waals surface area contributed by atoms with Gasteiger partial charge in [-0.25, -0.2) is 13.4 Å². The number of thiazole rings is 1. The molecule has 0 unspecified atom stereocenters. The summed E-state index contributed by atoms with van der Waals surface area (Å²) in [5, 5.41) is 2.87. The molecule has 0 saturated carbocycles. The second-order valence-corrected chi connectivity index (χ2v) is 8.54. The van der Waals surface area contributed by atoms with E-state index in [-0.39, 0.29) is 5.91 Å². The van der Waals surface area contributed by atoms with Crippen LogP contribution in [0.3, 0.4) is 0 Å². The third-order valence-corrected chi connectivity index (χ3v) is 6.44. The van der Waals surface area contributed by atoms with E-state index in [9.17, 15) is 13.2 Å². The molecule has 112 valence electrons. The summed E-state index contributed by atoms with van der Waals surface area (Å²) in [4.78, 5) is 16.6. The van der Waals surface area contributed by atoms with Crippen LogP contribution in [-0.4, -0.2) is 35.4 Å². The topological polar surface area (TPSA) is 79.4 Å². The Balaban J connectivity index is 2.17. The Kier molecular flexibility index (Phi) is 4.46. The molecule has 8 heteroatoms. The van der Waals surface area contributed by atoms with Crippen molar-refractivity contribution in [3.8, 4) is 0 Å². The largest absolute Gasteiger partial charge is 0.302 e. The van der Waals surface area contributed by atoms with Gasteiger partial charge in [-0.15, -0.1) is 11.3 Å². The summed E-state index contributed by atoms with van der Waals surface area (Å²) in [5.41, 5.74) is 0.900. The zero-order chi connectivity index (χ0) is 14.9. The molecule has 2 rings (SSSR count). The Labute approximate surface area is 123 Å². The van der Waals surface area contributed by atoms with Crippen molar-refractivity contribution in [3.05, 3.63) is 10.6 Å². The lowest BCUT2D eigenvalue weighted by Crippen LogP contribution is -2.39. The number of fused-ring (bicyclic) bond motifs is 1. The van der Waals surface area contributed by atoms with Crippen molar-refractivity contribution < 1.29 is 13.2 Å². The monoisotopic (exact) mass is 317 g/mol. The first-order valence-electron chi connectivity index (χ1n) is 6.62. The van der Waals surface area contributed by atoms with Crippen molar-refractivity contribution in [1.82, 2.24) is 9.29 Å². The molecule has 6 nitrogen and oxygen atoms in total. The van der Waals surface area contributed by atoms with Gasteiger partial charge in [-0.05, 0) is 13.8 Å². The molecular weight excluding hydrogens is 298 g/mol. The molecule has 1 aromatic heterocycles. The van der Waals surface area contributed by atoms with Gasteiger partial charge in [0.05, 0.1) is 10.9 Å². The third kappa shape index (κ3) is 3.02. The first-order chi connectivity index (χ1) is 9.34. The van der Waals surface area contributed by atoms with Crippen LogP contribution in [0.25, 0.3) is 0 Å². The van der Waals surface area contributed by atoms with Gasteiger partial charge in [-0.2, -0.15) is 4.31 Å². The number of anilines is 1. The lowest BCUT2D eigenvalue weighted by atomic mass is 10.2. The fourth-order valence-electron chi connectivity index (χ4n) is 1.95. The number of nitrogens with one attached hydrogen (secondary N) is 1. The van der Waals surface area contributed by atoms with Gasteiger partial charge in [0, 0.05) is 30.8 Å². The standard InChI is InChI=1S/C12H19N3O3S2/c1-4-11(16)14-12-13-9-5-6-15(7-10(9)19-12)20(17,18)8(2)3/h8H,4-7H2,1-3H3,(H,13,14,16). The number of rotatable bonds is 4. The Hall–Kier alpha value is -0.990. The molecule has 0 radical (unpaired) electrons. The summed E-state index contributed by atoms with van der Waals surface area (Å²) >= 11 is 1.36. The van der Waals surface area contributed by atoms with Crippen LogP contribution in [0.1, 0.15) is 37.8 Å². The Morgan fingerprint density at radius 1 is 1.50 bits per heavy atom. The molecule has 0 atom stereocenters. The van der Waals surface area contributed by atoms with Crippen LogP contribution < -0.4 is 5.32 Å². The quantitative estimate of drug-likeness (QED) is 0.914. The summed E-state index contributed by atoms with van der Waals surface area (Å²) in [6.07, 6.45) is 0.998. The lowest BCUT2D eigenvalue weighted by Gasteiger charge is -2.26. The normalized spacial score (nSPS) is 16.2. The van der Waals surface area contributed by atoms with Crippen molar-refractivity contribution in [2.45, 2.75) is 45.4 Å². The van der Waals surface area contributed by atoms with Crippen molar-refractivity contribution in [3.63, 3.8) is 0 Å². The highest BCUT2D eigenvalue weighted by Gasteiger charge is 2.31. The molecule has 1 aromatic rings. The maximum atomic E-state index is 12.2. The first kappa shape index (κ1) is 15.4. The predicted octanol–water partition coefficient (Wildman–Crippen LogP) is 1.59. The van der Waals surface area contributed by atoms with Gasteiger partial charge in [0.15, 0.2) is 5.13 Å². The van der Waals surface area contributed by atoms with Crippen molar-refractivity contribution in [1.29, 1.82) is 0 Å². The summed E-state index contributed by atoms with van der Waals surface area (Å²) in [7, 11) is -3.24. The highest BCUT2D eigenvalue weighted by atomic mass is 32.2. The third-order valence-electron chi connectivity index (χ3n) is 3.22. The molecule has 0 bridgehead atoms. The van der Waals surface area contributed by atoms with Gasteiger partial charge in [-0.3, -0.25) is 4.79 Å². The van der Waals surface area contributed by atoms with E-state index >= 15 is 0 Å². The predicted molar refractivity (Wildman–Crippen MR) is 79.2 cm³/mol. The molecule has 2 heterocycles. The average Bonchev–Trinajstić information content (AvgIpc) is 2.79. The minimum atomic E-state index is -3.24. The minimum absolute atomic E-state index is 0.0808. The molecule has 20 heavy (non-hydrogen) atoms. The molecule has 0 fully saturated rings. The number of hydrogen-bond donors (Lipinski definition) is 1. The molecule has 1 N–H and O–H groups in total. The Morgan fingerprint density at radius 2 is 2.20 bits per heavy atom. The van der Waals surface area contributed by atoms with Crippen molar-refractivity contribution in [2.24, 2.45) is 0 Å². The van der Waals surface area contributed by atoms with Gasteiger partial charge in [0.2, 0.25) is 15.9 Å². The average molecular weight is 317 g/mol. The van der Waals surface area contributed by atoms with E-state index in [1.165, 1.54) is 15.6 Å². The zero-order valence-corrected chi connectivity index (χ0v) is 13.5. The van der Waals surface area contributed by atoms with E-state index in [4.69, 9.17) is 0 Å². The number of carbonyl (C=O) groups excluding carboxylic acids is 1. The van der Waals surface area contributed by atoms with Crippen LogP contribution >= 0.6 is 11.3 Å². The highest BCUT2D eigenvalue weighted by molar-refractivity contribution is 7.89. The fraction of sp³-hybridized carbons (Fsp3) is 0.667. The molecule has 0 saturated heterocycles. The Morgan fingerprint density at radius 3 is 2.80 bits per heavy atom. The van der Waals surface area contributed by atoms with Crippen LogP contribution in [0.15, 0.2) is 0 Å². The van der Waals surface area contributed by atoms with Crippen LogP contribution in [0.5, 0.6) is 0 Å². The van der Waals surface area contributed by atoms with Crippen LogP contribution in [0.4, 0.5) is 5.13 Å². The first-order valence-corrected chi connectivity index (χ1v) is 8.94. The smallest absolute Gasteiger partial charge is 0.225 e. The summed E-state index contributed by atoms with van der Waals surface area (Å²) in [6.45, 7) is 5.96. The number of aromatic nitrogens is 1. The molecule has 1 amide bonds. The Bertz CT molecular complexity index is 607. The van der Waals surface area contributed by atoms with Gasteiger partial charge in [0.1, 0.15) is 0 Å². The van der Waals surface area contributed by atoms with E-state index < -0.39 is 15.3 Å². The van der Waals surface area contributed by atoms with Crippen LogP contribution in [0, 0.1) is 0 Å². The van der Waals surface area contributed by atoms with E-state index in [0.29, 0.717) is 31.1 Å². The SMILES string of the molecule is CCC(=O)Nc1nc2c(s1)CN(S(=O)(=O)C(C)C)CC2. The second kappa shape index (κ2) is 5.79. The molecular formula is C12H19N3O3S2. The summed E-state index contributed by atoms with van der Waals surface area (Å²) < 4.78 is 25.8. The van der Waals surface area contributed by atoms with E-state index in [0.717, 1.165) is 10.6 Å². The van der Waals surface area contributed by atoms with Crippen molar-refractivity contribution in [2.75, 3.05) is 11.9 Å². The molecule has 0 spiro atoms. The second-order valence-electron chi connectivity index (χ2n) is 4.97. The zero-order valence-electron chi connectivity index (χ0n) is 11.8. The molecule has 1 aliphatic heterocycles. The van der Waals surface area contributed by atoms with Gasteiger partial charge >= 0.3 is 0 Å². The maximum Gasteiger partial charge on any atom is 0.225 e. The maximum absolute atomic E-state index is 12.2. The van der Waals surface area contributed by atoms with E-state index in [1.807, 2.05) is 0 Å². The summed E-state index contributed by atoms with van der Waals surface area (Å²) in [6, 6.07) is 0. The molecule has 0 aromatic carbocycles. The minimum Gasteiger partial charge on any atom is -0.302 e. The van der Waals surface area contributed by atoms with Gasteiger partial charge < -0.3 is 5.32 Å². The number of hydrogen-bond acceptors (Lipinski definition) is 5. The number of carbonyl (C=O) groups is 1. The van der Waals surface area contributed by atoms with Crippen molar-refractivity contribution >= 4 is 32.4 Å².